The lowest BCUT2D eigenvalue weighted by molar-refractivity contribution is -0.119. The zero-order valence-corrected chi connectivity index (χ0v) is 11.1. The van der Waals surface area contributed by atoms with Crippen molar-refractivity contribution in [2.24, 2.45) is 11.3 Å². The second kappa shape index (κ2) is 3.47. The highest BCUT2D eigenvalue weighted by atomic mass is 16.3. The van der Waals surface area contributed by atoms with Crippen LogP contribution < -0.4 is 0 Å². The summed E-state index contributed by atoms with van der Waals surface area (Å²) in [6.07, 6.45) is 1.84. The number of benzene rings is 1. The topological polar surface area (TPSA) is 37.3 Å². The van der Waals surface area contributed by atoms with Crippen molar-refractivity contribution < 1.29 is 9.90 Å². The minimum absolute atomic E-state index is 0.0630. The summed E-state index contributed by atoms with van der Waals surface area (Å²) in [7, 11) is 0. The van der Waals surface area contributed by atoms with Crippen LogP contribution in [0.1, 0.15) is 38.3 Å². The van der Waals surface area contributed by atoms with Crippen LogP contribution in [0.15, 0.2) is 23.8 Å². The number of rotatable bonds is 0. The smallest absolute Gasteiger partial charge is 0.161 e. The van der Waals surface area contributed by atoms with E-state index in [1.165, 1.54) is 11.1 Å². The van der Waals surface area contributed by atoms with E-state index in [2.05, 4.69) is 6.92 Å². The summed E-state index contributed by atoms with van der Waals surface area (Å²) < 4.78 is 0. The summed E-state index contributed by atoms with van der Waals surface area (Å²) in [4.78, 5) is 12.2. The maximum atomic E-state index is 12.2. The maximum Gasteiger partial charge on any atom is 0.161 e. The van der Waals surface area contributed by atoms with E-state index in [0.717, 1.165) is 24.0 Å². The van der Waals surface area contributed by atoms with Crippen LogP contribution in [-0.4, -0.2) is 10.9 Å². The number of Topliss-reactive ketones (excluding diaryl/α,β-unsaturated/α-hetero) is 1. The van der Waals surface area contributed by atoms with Gasteiger partial charge in [0.25, 0.3) is 0 Å². The van der Waals surface area contributed by atoms with Crippen molar-refractivity contribution in [3.05, 3.63) is 34.9 Å². The fourth-order valence-corrected chi connectivity index (χ4v) is 3.89. The minimum atomic E-state index is 0.0630. The highest BCUT2D eigenvalue weighted by Crippen LogP contribution is 2.54. The van der Waals surface area contributed by atoms with E-state index >= 15 is 0 Å². The summed E-state index contributed by atoms with van der Waals surface area (Å²) in [6, 6.07) is 5.51. The molecule has 2 aliphatic carbocycles. The minimum Gasteiger partial charge on any atom is -0.508 e. The Kier molecular flexibility index (Phi) is 2.22. The number of hydrogen-bond donors (Lipinski definition) is 1. The fourth-order valence-electron chi connectivity index (χ4n) is 3.89. The van der Waals surface area contributed by atoms with Gasteiger partial charge >= 0.3 is 0 Å². The van der Waals surface area contributed by atoms with Crippen molar-refractivity contribution in [3.8, 4) is 5.75 Å². The Morgan fingerprint density at radius 1 is 1.39 bits per heavy atom. The first kappa shape index (κ1) is 11.5. The van der Waals surface area contributed by atoms with Gasteiger partial charge in [0.2, 0.25) is 0 Å². The van der Waals surface area contributed by atoms with Gasteiger partial charge in [0.1, 0.15) is 5.75 Å². The molecule has 18 heavy (non-hydrogen) atoms. The number of hydrogen-bond acceptors (Lipinski definition) is 2. The average Bonchev–Trinajstić information content (AvgIpc) is 2.57. The van der Waals surface area contributed by atoms with Gasteiger partial charge in [0, 0.05) is 5.92 Å². The third-order valence-electron chi connectivity index (χ3n) is 4.49. The first-order valence-electron chi connectivity index (χ1n) is 6.50. The second-order valence-corrected chi connectivity index (χ2v) is 6.05. The van der Waals surface area contributed by atoms with Crippen LogP contribution >= 0.6 is 0 Å². The summed E-state index contributed by atoms with van der Waals surface area (Å²) >= 11 is 0. The van der Waals surface area contributed by atoms with Gasteiger partial charge in [0.15, 0.2) is 5.78 Å². The van der Waals surface area contributed by atoms with Gasteiger partial charge in [0.05, 0.1) is 0 Å². The lowest BCUT2D eigenvalue weighted by atomic mass is 9.68. The molecular weight excluding hydrogens is 224 g/mol. The van der Waals surface area contributed by atoms with Gasteiger partial charge < -0.3 is 5.11 Å². The number of fused-ring (bicyclic) bond motifs is 3. The molecule has 2 atom stereocenters. The molecule has 0 saturated heterocycles. The highest BCUT2D eigenvalue weighted by Gasteiger charge is 2.45. The third-order valence-corrected chi connectivity index (χ3v) is 4.49. The normalized spacial score (nSPS) is 30.4. The van der Waals surface area contributed by atoms with Crippen LogP contribution in [0.4, 0.5) is 0 Å². The molecule has 0 spiro atoms. The predicted octanol–water partition coefficient (Wildman–Crippen LogP) is 3.34. The van der Waals surface area contributed by atoms with Crippen LogP contribution in [0.2, 0.25) is 0 Å². The number of aromatic hydroxyl groups is 1. The van der Waals surface area contributed by atoms with Crippen molar-refractivity contribution >= 4 is 11.4 Å². The van der Waals surface area contributed by atoms with Crippen molar-refractivity contribution in [1.29, 1.82) is 0 Å². The average molecular weight is 242 g/mol. The standard InChI is InChI=1S/C16H18O2/c1-9-7-16(3)8-11-6-12(17)4-5-13(11)14(16)10(2)15(9)18/h4-6,9,17H,7-8H2,1-3H3/t9-,16-/m0/s1. The number of phenolic OH excluding ortho intramolecular Hbond substituents is 1. The summed E-state index contributed by atoms with van der Waals surface area (Å²) in [5, 5.41) is 9.60. The largest absolute Gasteiger partial charge is 0.508 e. The van der Waals surface area contributed by atoms with E-state index in [9.17, 15) is 9.90 Å². The van der Waals surface area contributed by atoms with E-state index < -0.39 is 0 Å². The van der Waals surface area contributed by atoms with Crippen LogP contribution in [-0.2, 0) is 11.2 Å². The first-order valence-corrected chi connectivity index (χ1v) is 6.50. The maximum absolute atomic E-state index is 12.2. The highest BCUT2D eigenvalue weighted by molar-refractivity contribution is 6.07. The molecule has 2 nitrogen and oxygen atoms in total. The van der Waals surface area contributed by atoms with Gasteiger partial charge in [-0.15, -0.1) is 0 Å². The van der Waals surface area contributed by atoms with Crippen LogP contribution in [0.3, 0.4) is 0 Å². The van der Waals surface area contributed by atoms with E-state index in [1.54, 1.807) is 6.07 Å². The first-order chi connectivity index (χ1) is 8.42. The SMILES string of the molecule is CC1=C2c3ccc(O)cc3C[C@]2(C)C[C@H](C)C1=O. The molecule has 0 amide bonds. The lowest BCUT2D eigenvalue weighted by Gasteiger charge is -2.35. The zero-order valence-electron chi connectivity index (χ0n) is 11.1. The van der Waals surface area contributed by atoms with E-state index in [4.69, 9.17) is 0 Å². The Morgan fingerprint density at radius 2 is 2.11 bits per heavy atom. The molecule has 1 N–H and O–H groups in total. The molecule has 94 valence electrons. The summed E-state index contributed by atoms with van der Waals surface area (Å²) in [6.45, 7) is 6.22. The number of carbonyl (C=O) groups is 1. The van der Waals surface area contributed by atoms with Gasteiger partial charge in [-0.05, 0) is 59.6 Å². The molecule has 0 unspecified atom stereocenters. The van der Waals surface area contributed by atoms with E-state index in [1.807, 2.05) is 26.0 Å². The third kappa shape index (κ3) is 1.38. The molecule has 0 bridgehead atoms. The van der Waals surface area contributed by atoms with E-state index in [-0.39, 0.29) is 17.1 Å². The Morgan fingerprint density at radius 3 is 2.83 bits per heavy atom. The molecule has 0 radical (unpaired) electrons. The summed E-state index contributed by atoms with van der Waals surface area (Å²) in [5.41, 5.74) is 4.52. The second-order valence-electron chi connectivity index (χ2n) is 6.05. The van der Waals surface area contributed by atoms with Crippen LogP contribution in [0, 0.1) is 11.3 Å². The van der Waals surface area contributed by atoms with Crippen molar-refractivity contribution in [1.82, 2.24) is 0 Å². The van der Waals surface area contributed by atoms with Gasteiger partial charge in [-0.3, -0.25) is 4.79 Å². The van der Waals surface area contributed by atoms with Gasteiger partial charge in [-0.25, -0.2) is 0 Å². The van der Waals surface area contributed by atoms with Gasteiger partial charge in [-0.2, -0.15) is 0 Å². The van der Waals surface area contributed by atoms with Crippen molar-refractivity contribution in [3.63, 3.8) is 0 Å². The van der Waals surface area contributed by atoms with Crippen molar-refractivity contribution in [2.45, 2.75) is 33.6 Å². The molecule has 0 fully saturated rings. The monoisotopic (exact) mass is 242 g/mol. The number of carbonyl (C=O) groups excluding carboxylic acids is 1. The Hall–Kier alpha value is -1.57. The molecule has 2 aliphatic rings. The zero-order chi connectivity index (χ0) is 13.1. The predicted molar refractivity (Wildman–Crippen MR) is 71.3 cm³/mol. The van der Waals surface area contributed by atoms with Crippen LogP contribution in [0.25, 0.3) is 5.57 Å². The number of ketones is 1. The molecule has 0 aliphatic heterocycles. The Labute approximate surface area is 107 Å². The quantitative estimate of drug-likeness (QED) is 0.757. The molecule has 0 aromatic heterocycles. The molecular formula is C16H18O2. The molecule has 3 rings (SSSR count). The lowest BCUT2D eigenvalue weighted by Crippen LogP contribution is -2.30. The number of phenols is 1. The Bertz CT molecular complexity index is 583. The summed E-state index contributed by atoms with van der Waals surface area (Å²) in [5.74, 6) is 0.707. The molecule has 2 heteroatoms. The van der Waals surface area contributed by atoms with Gasteiger partial charge in [-0.1, -0.05) is 19.9 Å². The Balaban J connectivity index is 2.25. The molecule has 0 heterocycles. The van der Waals surface area contributed by atoms with Crippen molar-refractivity contribution in [2.75, 3.05) is 0 Å². The number of allylic oxidation sites excluding steroid dienone is 2. The molecule has 1 aromatic carbocycles. The van der Waals surface area contributed by atoms with E-state index in [0.29, 0.717) is 5.75 Å². The molecule has 0 saturated carbocycles. The molecule has 1 aromatic rings. The fraction of sp³-hybridized carbons (Fsp3) is 0.438. The van der Waals surface area contributed by atoms with Crippen LogP contribution in [0.5, 0.6) is 5.75 Å².